The van der Waals surface area contributed by atoms with Gasteiger partial charge in [0.05, 0.1) is 25.4 Å². The highest BCUT2D eigenvalue weighted by Gasteiger charge is 2.63. The Bertz CT molecular complexity index is 677. The molecular weight excluding hydrogens is 402 g/mol. The molecule has 0 amide bonds. The molecule has 3 aliphatic rings. The molecule has 0 aromatic heterocycles. The van der Waals surface area contributed by atoms with Gasteiger partial charge in [0.15, 0.2) is 0 Å². The van der Waals surface area contributed by atoms with E-state index in [2.05, 4.69) is 0 Å². The number of rotatable bonds is 7. The van der Waals surface area contributed by atoms with Gasteiger partial charge in [-0.15, -0.1) is 5.06 Å². The van der Waals surface area contributed by atoms with E-state index >= 15 is 0 Å². The molecule has 0 spiro atoms. The first-order chi connectivity index (χ1) is 13.5. The van der Waals surface area contributed by atoms with Crippen LogP contribution in [0.15, 0.2) is 11.3 Å². The van der Waals surface area contributed by atoms with Crippen LogP contribution in [-0.2, 0) is 28.6 Å². The summed E-state index contributed by atoms with van der Waals surface area (Å²) in [4.78, 5) is 31.4. The molecule has 0 aromatic rings. The molecule has 1 aliphatic carbocycles. The minimum absolute atomic E-state index is 0.0229. The van der Waals surface area contributed by atoms with E-state index in [0.717, 1.165) is 19.3 Å². The molecule has 3 rings (SSSR count). The summed E-state index contributed by atoms with van der Waals surface area (Å²) in [7, 11) is 0. The van der Waals surface area contributed by atoms with Crippen LogP contribution in [0.3, 0.4) is 0 Å². The molecule has 0 N–H and O–H groups in total. The zero-order valence-corrected chi connectivity index (χ0v) is 18.2. The second kappa shape index (κ2) is 9.00. The average molecular weight is 430 g/mol. The second-order valence-electron chi connectivity index (χ2n) is 6.96. The van der Waals surface area contributed by atoms with Crippen molar-refractivity contribution in [1.29, 1.82) is 0 Å². The predicted molar refractivity (Wildman–Crippen MR) is 108 cm³/mol. The molecule has 9 heteroatoms. The Labute approximate surface area is 175 Å². The van der Waals surface area contributed by atoms with Crippen molar-refractivity contribution < 1.29 is 28.6 Å². The molecule has 0 aromatic carbocycles. The van der Waals surface area contributed by atoms with Crippen molar-refractivity contribution in [3.63, 3.8) is 0 Å². The number of hydrogen-bond donors (Lipinski definition) is 0. The SMILES string of the molecule is CCOC(=O)C1=C(C(=O)OCC)C2(C3CC3)CCC(SC(=S)OCC)CN2O1. The molecule has 156 valence electrons. The topological polar surface area (TPSA) is 74.3 Å². The number of nitrogens with zero attached hydrogens (tertiary/aromatic N) is 1. The molecule has 0 bridgehead atoms. The Morgan fingerprint density at radius 1 is 1.11 bits per heavy atom. The van der Waals surface area contributed by atoms with Crippen molar-refractivity contribution in [2.24, 2.45) is 5.92 Å². The minimum Gasteiger partial charge on any atom is -0.479 e. The van der Waals surface area contributed by atoms with Crippen LogP contribution in [0.4, 0.5) is 0 Å². The zero-order chi connectivity index (χ0) is 20.3. The summed E-state index contributed by atoms with van der Waals surface area (Å²) in [5, 5.41) is 1.97. The van der Waals surface area contributed by atoms with Crippen molar-refractivity contribution in [2.75, 3.05) is 26.4 Å². The van der Waals surface area contributed by atoms with Gasteiger partial charge in [-0.2, -0.15) is 0 Å². The maximum Gasteiger partial charge on any atom is 0.376 e. The number of carbonyl (C=O) groups is 2. The fourth-order valence-electron chi connectivity index (χ4n) is 4.03. The third kappa shape index (κ3) is 4.02. The van der Waals surface area contributed by atoms with Gasteiger partial charge in [0, 0.05) is 11.8 Å². The van der Waals surface area contributed by atoms with E-state index in [1.54, 1.807) is 18.9 Å². The first-order valence-electron chi connectivity index (χ1n) is 9.85. The van der Waals surface area contributed by atoms with Crippen molar-refractivity contribution in [1.82, 2.24) is 5.06 Å². The van der Waals surface area contributed by atoms with E-state index < -0.39 is 17.5 Å². The second-order valence-corrected chi connectivity index (χ2v) is 8.86. The summed E-state index contributed by atoms with van der Waals surface area (Å²) in [6.07, 6.45) is 3.52. The van der Waals surface area contributed by atoms with E-state index in [1.807, 2.05) is 6.92 Å². The van der Waals surface area contributed by atoms with Crippen LogP contribution in [-0.4, -0.2) is 58.5 Å². The lowest BCUT2D eigenvalue weighted by molar-refractivity contribution is -0.186. The molecule has 2 atom stereocenters. The van der Waals surface area contributed by atoms with Crippen LogP contribution < -0.4 is 0 Å². The van der Waals surface area contributed by atoms with Crippen LogP contribution in [0.1, 0.15) is 46.5 Å². The third-order valence-corrected chi connectivity index (χ3v) is 6.68. The highest BCUT2D eigenvalue weighted by molar-refractivity contribution is 8.23. The number of ether oxygens (including phenoxy) is 3. The molecule has 1 saturated carbocycles. The van der Waals surface area contributed by atoms with Gasteiger partial charge in [0.2, 0.25) is 10.1 Å². The number of hydrogen-bond acceptors (Lipinski definition) is 9. The van der Waals surface area contributed by atoms with Gasteiger partial charge in [-0.1, -0.05) is 11.8 Å². The summed E-state index contributed by atoms with van der Waals surface area (Å²) in [6.45, 7) is 6.90. The van der Waals surface area contributed by atoms with Crippen LogP contribution >= 0.6 is 24.0 Å². The maximum absolute atomic E-state index is 12.9. The van der Waals surface area contributed by atoms with Crippen LogP contribution in [0.2, 0.25) is 0 Å². The lowest BCUT2D eigenvalue weighted by Crippen LogP contribution is -2.55. The summed E-state index contributed by atoms with van der Waals surface area (Å²) >= 11 is 6.77. The molecule has 2 aliphatic heterocycles. The van der Waals surface area contributed by atoms with Crippen LogP contribution in [0.25, 0.3) is 0 Å². The van der Waals surface area contributed by atoms with E-state index in [4.69, 9.17) is 31.3 Å². The summed E-state index contributed by atoms with van der Waals surface area (Å²) in [6, 6.07) is 0. The van der Waals surface area contributed by atoms with Gasteiger partial charge in [-0.05, 0) is 64.6 Å². The monoisotopic (exact) mass is 429 g/mol. The van der Waals surface area contributed by atoms with Crippen molar-refractivity contribution >= 4 is 40.3 Å². The fraction of sp³-hybridized carbons (Fsp3) is 0.737. The summed E-state index contributed by atoms with van der Waals surface area (Å²) < 4.78 is 16.4. The van der Waals surface area contributed by atoms with E-state index in [1.165, 1.54) is 11.8 Å². The molecule has 28 heavy (non-hydrogen) atoms. The molecule has 0 radical (unpaired) electrons. The molecule has 2 heterocycles. The van der Waals surface area contributed by atoms with Crippen LogP contribution in [0, 0.1) is 5.92 Å². The van der Waals surface area contributed by atoms with E-state index in [9.17, 15) is 9.59 Å². The van der Waals surface area contributed by atoms with Gasteiger partial charge < -0.3 is 19.0 Å². The number of thioether (sulfide) groups is 1. The van der Waals surface area contributed by atoms with Crippen molar-refractivity contribution in [3.05, 3.63) is 11.3 Å². The lowest BCUT2D eigenvalue weighted by Gasteiger charge is -2.43. The normalized spacial score (nSPS) is 27.0. The highest BCUT2D eigenvalue weighted by atomic mass is 32.2. The number of piperidine rings is 1. The predicted octanol–water partition coefficient (Wildman–Crippen LogP) is 2.98. The van der Waals surface area contributed by atoms with E-state index in [0.29, 0.717) is 29.5 Å². The molecule has 2 unspecified atom stereocenters. The lowest BCUT2D eigenvalue weighted by atomic mass is 9.77. The Morgan fingerprint density at radius 3 is 2.36 bits per heavy atom. The Morgan fingerprint density at radius 2 is 1.75 bits per heavy atom. The average Bonchev–Trinajstić information content (AvgIpc) is 3.44. The van der Waals surface area contributed by atoms with Crippen molar-refractivity contribution in [3.8, 4) is 0 Å². The molecule has 2 fully saturated rings. The first-order valence-corrected chi connectivity index (χ1v) is 11.1. The molecule has 1 saturated heterocycles. The van der Waals surface area contributed by atoms with Crippen molar-refractivity contribution in [2.45, 2.75) is 57.2 Å². The minimum atomic E-state index is -0.626. The number of hydroxylamine groups is 2. The summed E-state index contributed by atoms with van der Waals surface area (Å²) in [5.41, 5.74) is -0.301. The quantitative estimate of drug-likeness (QED) is 0.448. The first kappa shape index (κ1) is 21.4. The van der Waals surface area contributed by atoms with Gasteiger partial charge >= 0.3 is 11.9 Å². The van der Waals surface area contributed by atoms with Crippen LogP contribution in [0.5, 0.6) is 0 Å². The highest BCUT2D eigenvalue weighted by Crippen LogP contribution is 2.56. The van der Waals surface area contributed by atoms with Gasteiger partial charge in [0.25, 0.3) is 0 Å². The number of carbonyl (C=O) groups excluding carboxylic acids is 2. The largest absolute Gasteiger partial charge is 0.479 e. The standard InChI is InChI=1S/C19H27NO6S2/c1-4-23-16(21)14-15(17(22)24-5-2)26-20-11-13(28-18(27)25-6-3)9-10-19(14,20)12-7-8-12/h12-13H,4-11H2,1-3H3. The number of thiocarbonyl (C=S) groups is 1. The third-order valence-electron chi connectivity index (χ3n) is 5.24. The zero-order valence-electron chi connectivity index (χ0n) is 16.5. The number of fused-ring (bicyclic) bond motifs is 1. The van der Waals surface area contributed by atoms with Gasteiger partial charge in [-0.25, -0.2) is 9.59 Å². The summed E-state index contributed by atoms with van der Waals surface area (Å²) in [5.74, 6) is -0.862. The smallest absolute Gasteiger partial charge is 0.376 e. The van der Waals surface area contributed by atoms with E-state index in [-0.39, 0.29) is 30.1 Å². The fourth-order valence-corrected chi connectivity index (χ4v) is 5.46. The Balaban J connectivity index is 1.89. The maximum atomic E-state index is 12.9. The van der Waals surface area contributed by atoms with Gasteiger partial charge in [0.1, 0.15) is 5.57 Å². The molecule has 7 nitrogen and oxygen atoms in total. The Hall–Kier alpha value is -1.32. The number of esters is 2. The van der Waals surface area contributed by atoms with Gasteiger partial charge in [-0.3, -0.25) is 0 Å². The Kier molecular flexibility index (Phi) is 6.88. The molecular formula is C19H27NO6S2.